The lowest BCUT2D eigenvalue weighted by Gasteiger charge is -2.12. The molecule has 0 radical (unpaired) electrons. The van der Waals surface area contributed by atoms with E-state index in [1.807, 2.05) is 37.3 Å². The summed E-state index contributed by atoms with van der Waals surface area (Å²) in [6.07, 6.45) is 0. The van der Waals surface area contributed by atoms with E-state index in [-0.39, 0.29) is 11.0 Å². The number of para-hydroxylation sites is 1. The molecule has 120 valence electrons. The summed E-state index contributed by atoms with van der Waals surface area (Å²) in [5.41, 5.74) is 2.81. The zero-order valence-electron chi connectivity index (χ0n) is 12.8. The quantitative estimate of drug-likeness (QED) is 0.672. The molecule has 1 heterocycles. The van der Waals surface area contributed by atoms with E-state index < -0.39 is 0 Å². The van der Waals surface area contributed by atoms with Gasteiger partial charge < -0.3 is 5.32 Å². The summed E-state index contributed by atoms with van der Waals surface area (Å²) in [7, 11) is 0. The Labute approximate surface area is 149 Å². The second-order valence-electron chi connectivity index (χ2n) is 5.22. The number of rotatable bonds is 2. The van der Waals surface area contributed by atoms with Crippen molar-refractivity contribution in [2.45, 2.75) is 6.92 Å². The van der Waals surface area contributed by atoms with Crippen molar-refractivity contribution in [1.29, 1.82) is 0 Å². The number of hydrogen-bond donors (Lipinski definition) is 2. The van der Waals surface area contributed by atoms with Gasteiger partial charge in [-0.15, -0.1) is 0 Å². The van der Waals surface area contributed by atoms with Gasteiger partial charge in [-0.25, -0.2) is 0 Å². The molecule has 1 aromatic heterocycles. The molecule has 0 bridgehead atoms. The van der Waals surface area contributed by atoms with E-state index in [2.05, 4.69) is 15.6 Å². The third-order valence-corrected chi connectivity index (χ3v) is 3.99. The van der Waals surface area contributed by atoms with Gasteiger partial charge in [0.15, 0.2) is 5.11 Å². The highest BCUT2D eigenvalue weighted by Crippen LogP contribution is 2.21. The number of pyridine rings is 1. The molecule has 0 aliphatic carbocycles. The topological polar surface area (TPSA) is 54.0 Å². The first-order chi connectivity index (χ1) is 11.5. The van der Waals surface area contributed by atoms with Crippen LogP contribution in [-0.4, -0.2) is 16.0 Å². The van der Waals surface area contributed by atoms with E-state index in [1.165, 1.54) is 0 Å². The second-order valence-corrected chi connectivity index (χ2v) is 6.03. The highest BCUT2D eigenvalue weighted by Gasteiger charge is 2.12. The van der Waals surface area contributed by atoms with Gasteiger partial charge in [-0.1, -0.05) is 41.9 Å². The molecule has 3 aromatic rings. The average molecular weight is 356 g/mol. The standard InChI is InChI=1S/C18H14ClN3OS/c1-11-9-10-12-5-4-8-15(16(12)20-11)21-18(24)22-17(23)13-6-2-3-7-14(13)19/h2-10H,1H3,(H2,21,22,23,24). The lowest BCUT2D eigenvalue weighted by Crippen LogP contribution is -2.34. The number of benzene rings is 2. The van der Waals surface area contributed by atoms with Crippen molar-refractivity contribution in [3.63, 3.8) is 0 Å². The van der Waals surface area contributed by atoms with Crippen LogP contribution in [0.2, 0.25) is 5.02 Å². The molecule has 0 saturated heterocycles. The van der Waals surface area contributed by atoms with Gasteiger partial charge in [0.2, 0.25) is 0 Å². The van der Waals surface area contributed by atoms with Gasteiger partial charge in [0, 0.05) is 11.1 Å². The predicted molar refractivity (Wildman–Crippen MR) is 102 cm³/mol. The molecule has 4 nitrogen and oxygen atoms in total. The fourth-order valence-corrected chi connectivity index (χ4v) is 2.74. The summed E-state index contributed by atoms with van der Waals surface area (Å²) in [4.78, 5) is 16.8. The van der Waals surface area contributed by atoms with Crippen molar-refractivity contribution in [3.8, 4) is 0 Å². The maximum atomic E-state index is 12.2. The van der Waals surface area contributed by atoms with Crippen LogP contribution in [-0.2, 0) is 0 Å². The van der Waals surface area contributed by atoms with Crippen LogP contribution in [0, 0.1) is 6.92 Å². The number of aryl methyl sites for hydroxylation is 1. The summed E-state index contributed by atoms with van der Waals surface area (Å²) in [5, 5.41) is 7.22. The van der Waals surface area contributed by atoms with E-state index in [0.29, 0.717) is 10.6 Å². The lowest BCUT2D eigenvalue weighted by molar-refractivity contribution is 0.0978. The van der Waals surface area contributed by atoms with Crippen molar-refractivity contribution < 1.29 is 4.79 Å². The fourth-order valence-electron chi connectivity index (χ4n) is 2.31. The van der Waals surface area contributed by atoms with Gasteiger partial charge in [-0.2, -0.15) is 0 Å². The third-order valence-electron chi connectivity index (χ3n) is 3.45. The molecule has 0 spiro atoms. The third kappa shape index (κ3) is 3.53. The number of fused-ring (bicyclic) bond motifs is 1. The molecular weight excluding hydrogens is 342 g/mol. The van der Waals surface area contributed by atoms with Gasteiger partial charge in [-0.05, 0) is 43.4 Å². The van der Waals surface area contributed by atoms with E-state index in [0.717, 1.165) is 22.3 Å². The molecule has 2 N–H and O–H groups in total. The van der Waals surface area contributed by atoms with E-state index in [1.54, 1.807) is 24.3 Å². The number of halogens is 1. The van der Waals surface area contributed by atoms with Crippen LogP contribution in [0.1, 0.15) is 16.1 Å². The van der Waals surface area contributed by atoms with Crippen molar-refractivity contribution >= 4 is 51.4 Å². The fraction of sp³-hybridized carbons (Fsp3) is 0.0556. The number of anilines is 1. The Bertz CT molecular complexity index is 942. The van der Waals surface area contributed by atoms with Gasteiger partial charge in [0.25, 0.3) is 5.91 Å². The summed E-state index contributed by atoms with van der Waals surface area (Å²) in [6.45, 7) is 1.92. The first kappa shape index (κ1) is 16.4. The molecule has 1 amide bonds. The maximum Gasteiger partial charge on any atom is 0.258 e. The second kappa shape index (κ2) is 6.95. The first-order valence-electron chi connectivity index (χ1n) is 7.28. The first-order valence-corrected chi connectivity index (χ1v) is 8.06. The average Bonchev–Trinajstić information content (AvgIpc) is 2.55. The van der Waals surface area contributed by atoms with Crippen LogP contribution in [0.25, 0.3) is 10.9 Å². The number of carbonyl (C=O) groups is 1. The zero-order valence-corrected chi connectivity index (χ0v) is 14.4. The number of amides is 1. The van der Waals surface area contributed by atoms with Crippen LogP contribution in [0.5, 0.6) is 0 Å². The number of nitrogens with zero attached hydrogens (tertiary/aromatic N) is 1. The van der Waals surface area contributed by atoms with Crippen LogP contribution in [0.3, 0.4) is 0 Å². The Morgan fingerprint density at radius 3 is 2.67 bits per heavy atom. The Kier molecular flexibility index (Phi) is 4.74. The highest BCUT2D eigenvalue weighted by molar-refractivity contribution is 7.80. The molecule has 24 heavy (non-hydrogen) atoms. The number of thiocarbonyl (C=S) groups is 1. The minimum atomic E-state index is -0.359. The molecule has 0 aliphatic heterocycles. The molecule has 0 fully saturated rings. The minimum absolute atomic E-state index is 0.190. The van der Waals surface area contributed by atoms with E-state index >= 15 is 0 Å². The van der Waals surface area contributed by atoms with Gasteiger partial charge >= 0.3 is 0 Å². The van der Waals surface area contributed by atoms with Gasteiger partial charge in [0.1, 0.15) is 0 Å². The number of hydrogen-bond acceptors (Lipinski definition) is 3. The summed E-state index contributed by atoms with van der Waals surface area (Å²) in [6, 6.07) is 16.5. The minimum Gasteiger partial charge on any atom is -0.331 e. The van der Waals surface area contributed by atoms with Gasteiger partial charge in [-0.3, -0.25) is 15.1 Å². The van der Waals surface area contributed by atoms with Crippen molar-refractivity contribution in [2.24, 2.45) is 0 Å². The SMILES string of the molecule is Cc1ccc2cccc(NC(=S)NC(=O)c3ccccc3Cl)c2n1. The lowest BCUT2D eigenvalue weighted by atomic mass is 10.2. The van der Waals surface area contributed by atoms with Crippen LogP contribution >= 0.6 is 23.8 Å². The molecule has 0 aliphatic rings. The Morgan fingerprint density at radius 2 is 1.88 bits per heavy atom. The predicted octanol–water partition coefficient (Wildman–Crippen LogP) is 4.32. The molecule has 3 rings (SSSR count). The summed E-state index contributed by atoms with van der Waals surface area (Å²) >= 11 is 11.3. The normalized spacial score (nSPS) is 10.4. The smallest absolute Gasteiger partial charge is 0.258 e. The van der Waals surface area contributed by atoms with Crippen molar-refractivity contribution in [1.82, 2.24) is 10.3 Å². The molecular formula is C18H14ClN3OS. The summed E-state index contributed by atoms with van der Waals surface area (Å²) in [5.74, 6) is -0.359. The molecule has 0 atom stereocenters. The Hall–Kier alpha value is -2.50. The van der Waals surface area contributed by atoms with Crippen LogP contribution in [0.4, 0.5) is 5.69 Å². The maximum absolute atomic E-state index is 12.2. The van der Waals surface area contributed by atoms with E-state index in [9.17, 15) is 4.79 Å². The number of aromatic nitrogens is 1. The monoisotopic (exact) mass is 355 g/mol. The molecule has 2 aromatic carbocycles. The molecule has 0 unspecified atom stereocenters. The van der Waals surface area contributed by atoms with E-state index in [4.69, 9.17) is 23.8 Å². The van der Waals surface area contributed by atoms with Crippen LogP contribution in [0.15, 0.2) is 54.6 Å². The molecule has 0 saturated carbocycles. The zero-order chi connectivity index (χ0) is 17.1. The summed E-state index contributed by atoms with van der Waals surface area (Å²) < 4.78 is 0. The largest absolute Gasteiger partial charge is 0.331 e. The van der Waals surface area contributed by atoms with Crippen molar-refractivity contribution in [3.05, 3.63) is 70.9 Å². The number of nitrogens with one attached hydrogen (secondary N) is 2. The molecule has 6 heteroatoms. The Morgan fingerprint density at radius 1 is 1.08 bits per heavy atom. The Balaban J connectivity index is 1.79. The van der Waals surface area contributed by atoms with Crippen LogP contribution < -0.4 is 10.6 Å². The van der Waals surface area contributed by atoms with Gasteiger partial charge in [0.05, 0.1) is 21.8 Å². The number of carbonyl (C=O) groups excluding carboxylic acids is 1. The van der Waals surface area contributed by atoms with Crippen molar-refractivity contribution in [2.75, 3.05) is 5.32 Å². The highest BCUT2D eigenvalue weighted by atomic mass is 35.5.